The van der Waals surface area contributed by atoms with E-state index >= 15 is 0 Å². The standard InChI is InChI=1S/C9H5F2NO2/c1-14-9(13)6-3-8(11)7(10)2-5(6)4-12/h2-3H,1H3. The summed E-state index contributed by atoms with van der Waals surface area (Å²) in [5, 5.41) is 8.53. The molecule has 1 aromatic carbocycles. The number of hydrogen-bond donors (Lipinski definition) is 0. The molecule has 0 saturated heterocycles. The lowest BCUT2D eigenvalue weighted by molar-refractivity contribution is 0.0599. The van der Waals surface area contributed by atoms with E-state index in [-0.39, 0.29) is 11.1 Å². The fourth-order valence-electron chi connectivity index (χ4n) is 0.918. The first kappa shape index (κ1) is 10.1. The van der Waals surface area contributed by atoms with Crippen molar-refractivity contribution in [2.45, 2.75) is 0 Å². The molecule has 0 N–H and O–H groups in total. The molecule has 0 bridgehead atoms. The first-order valence-corrected chi connectivity index (χ1v) is 3.57. The zero-order valence-electron chi connectivity index (χ0n) is 7.17. The third-order valence-corrected chi connectivity index (χ3v) is 1.59. The molecule has 1 rings (SSSR count). The van der Waals surface area contributed by atoms with Gasteiger partial charge in [-0.2, -0.15) is 5.26 Å². The quantitative estimate of drug-likeness (QED) is 0.643. The molecule has 0 unspecified atom stereocenters. The number of esters is 1. The third kappa shape index (κ3) is 1.69. The maximum atomic E-state index is 12.7. The number of carbonyl (C=O) groups is 1. The summed E-state index contributed by atoms with van der Waals surface area (Å²) >= 11 is 0. The molecule has 72 valence electrons. The van der Waals surface area contributed by atoms with Crippen molar-refractivity contribution in [3.8, 4) is 6.07 Å². The molecule has 0 aromatic heterocycles. The van der Waals surface area contributed by atoms with Crippen LogP contribution >= 0.6 is 0 Å². The van der Waals surface area contributed by atoms with E-state index in [1.165, 1.54) is 0 Å². The van der Waals surface area contributed by atoms with Crippen LogP contribution in [0.2, 0.25) is 0 Å². The van der Waals surface area contributed by atoms with Crippen molar-refractivity contribution < 1.29 is 18.3 Å². The molecule has 0 amide bonds. The monoisotopic (exact) mass is 197 g/mol. The number of benzene rings is 1. The first-order chi connectivity index (χ1) is 6.60. The van der Waals surface area contributed by atoms with E-state index in [9.17, 15) is 13.6 Å². The highest BCUT2D eigenvalue weighted by atomic mass is 19.2. The molecular weight excluding hydrogens is 192 g/mol. The summed E-state index contributed by atoms with van der Waals surface area (Å²) in [5.74, 6) is -3.24. The van der Waals surface area contributed by atoms with Crippen LogP contribution in [0.3, 0.4) is 0 Å². The van der Waals surface area contributed by atoms with Crippen molar-refractivity contribution in [2.24, 2.45) is 0 Å². The van der Waals surface area contributed by atoms with Crippen molar-refractivity contribution in [3.05, 3.63) is 34.9 Å². The fourth-order valence-corrected chi connectivity index (χ4v) is 0.918. The van der Waals surface area contributed by atoms with Crippen LogP contribution in [0.25, 0.3) is 0 Å². The predicted molar refractivity (Wildman–Crippen MR) is 42.4 cm³/mol. The van der Waals surface area contributed by atoms with Crippen LogP contribution in [0, 0.1) is 23.0 Å². The highest BCUT2D eigenvalue weighted by Gasteiger charge is 2.15. The van der Waals surface area contributed by atoms with E-state index in [4.69, 9.17) is 5.26 Å². The highest BCUT2D eigenvalue weighted by Crippen LogP contribution is 2.15. The van der Waals surface area contributed by atoms with Crippen molar-refractivity contribution in [3.63, 3.8) is 0 Å². The predicted octanol–water partition coefficient (Wildman–Crippen LogP) is 1.62. The molecule has 0 atom stereocenters. The Kier molecular flexibility index (Phi) is 2.77. The third-order valence-electron chi connectivity index (χ3n) is 1.59. The van der Waals surface area contributed by atoms with E-state index in [0.717, 1.165) is 7.11 Å². The molecule has 0 fully saturated rings. The van der Waals surface area contributed by atoms with Gasteiger partial charge in [-0.25, -0.2) is 13.6 Å². The van der Waals surface area contributed by atoms with Gasteiger partial charge in [-0.3, -0.25) is 0 Å². The van der Waals surface area contributed by atoms with Gasteiger partial charge in [0.25, 0.3) is 0 Å². The Balaban J connectivity index is 3.36. The molecule has 0 spiro atoms. The van der Waals surface area contributed by atoms with Crippen molar-refractivity contribution >= 4 is 5.97 Å². The average Bonchev–Trinajstić information content (AvgIpc) is 2.20. The summed E-state index contributed by atoms with van der Waals surface area (Å²) in [6.07, 6.45) is 0. The fraction of sp³-hybridized carbons (Fsp3) is 0.111. The number of ether oxygens (including phenoxy) is 1. The van der Waals surface area contributed by atoms with Crippen molar-refractivity contribution in [2.75, 3.05) is 7.11 Å². The maximum Gasteiger partial charge on any atom is 0.339 e. The Morgan fingerprint density at radius 1 is 1.43 bits per heavy atom. The van der Waals surface area contributed by atoms with Gasteiger partial charge in [0.2, 0.25) is 0 Å². The summed E-state index contributed by atoms with van der Waals surface area (Å²) in [6.45, 7) is 0. The number of methoxy groups -OCH3 is 1. The van der Waals surface area contributed by atoms with Crippen LogP contribution in [-0.2, 0) is 4.74 Å². The summed E-state index contributed by atoms with van der Waals surface area (Å²) < 4.78 is 29.6. The molecular formula is C9H5F2NO2. The zero-order valence-corrected chi connectivity index (χ0v) is 7.17. The molecule has 1 aromatic rings. The minimum atomic E-state index is -1.19. The number of carbonyl (C=O) groups excluding carboxylic acids is 1. The summed E-state index contributed by atoms with van der Waals surface area (Å²) in [5.41, 5.74) is -0.537. The summed E-state index contributed by atoms with van der Waals surface area (Å²) in [4.78, 5) is 11.0. The van der Waals surface area contributed by atoms with E-state index in [1.54, 1.807) is 6.07 Å². The second-order valence-electron chi connectivity index (χ2n) is 2.42. The minimum Gasteiger partial charge on any atom is -0.465 e. The second-order valence-corrected chi connectivity index (χ2v) is 2.42. The lowest BCUT2D eigenvalue weighted by atomic mass is 10.1. The first-order valence-electron chi connectivity index (χ1n) is 3.57. The number of rotatable bonds is 1. The Labute approximate surface area is 78.5 Å². The van der Waals surface area contributed by atoms with E-state index in [1.807, 2.05) is 0 Å². The van der Waals surface area contributed by atoms with Gasteiger partial charge in [-0.05, 0) is 12.1 Å². The highest BCUT2D eigenvalue weighted by molar-refractivity contribution is 5.92. The number of nitriles is 1. The van der Waals surface area contributed by atoms with Crippen molar-refractivity contribution in [1.82, 2.24) is 0 Å². The number of hydrogen-bond acceptors (Lipinski definition) is 3. The van der Waals surface area contributed by atoms with Crippen LogP contribution in [0.5, 0.6) is 0 Å². The van der Waals surface area contributed by atoms with E-state index in [0.29, 0.717) is 12.1 Å². The van der Waals surface area contributed by atoms with Crippen LogP contribution < -0.4 is 0 Å². The summed E-state index contributed by atoms with van der Waals surface area (Å²) in [6, 6.07) is 2.86. The molecule has 0 radical (unpaired) electrons. The smallest absolute Gasteiger partial charge is 0.339 e. The molecule has 0 aliphatic carbocycles. The van der Waals surface area contributed by atoms with Gasteiger partial charge in [0, 0.05) is 0 Å². The maximum absolute atomic E-state index is 12.7. The molecule has 0 saturated carbocycles. The van der Waals surface area contributed by atoms with Gasteiger partial charge in [0.05, 0.1) is 18.2 Å². The van der Waals surface area contributed by atoms with Gasteiger partial charge in [-0.15, -0.1) is 0 Å². The Morgan fingerprint density at radius 3 is 2.50 bits per heavy atom. The van der Waals surface area contributed by atoms with Crippen LogP contribution in [0.4, 0.5) is 8.78 Å². The van der Waals surface area contributed by atoms with E-state index in [2.05, 4.69) is 4.74 Å². The Bertz CT molecular complexity index is 424. The number of halogens is 2. The van der Waals surface area contributed by atoms with Gasteiger partial charge >= 0.3 is 5.97 Å². The van der Waals surface area contributed by atoms with Gasteiger partial charge < -0.3 is 4.74 Å². The lowest BCUT2D eigenvalue weighted by Gasteiger charge is -2.02. The summed E-state index contributed by atoms with van der Waals surface area (Å²) in [7, 11) is 1.09. The van der Waals surface area contributed by atoms with Crippen LogP contribution in [0.15, 0.2) is 12.1 Å². The average molecular weight is 197 g/mol. The van der Waals surface area contributed by atoms with E-state index < -0.39 is 17.6 Å². The minimum absolute atomic E-state index is 0.254. The van der Waals surface area contributed by atoms with Gasteiger partial charge in [-0.1, -0.05) is 0 Å². The Hall–Kier alpha value is -1.96. The Morgan fingerprint density at radius 2 is 2.00 bits per heavy atom. The largest absolute Gasteiger partial charge is 0.465 e. The lowest BCUT2D eigenvalue weighted by Crippen LogP contribution is -2.05. The SMILES string of the molecule is COC(=O)c1cc(F)c(F)cc1C#N. The molecule has 0 aliphatic rings. The van der Waals surface area contributed by atoms with Gasteiger partial charge in [0.1, 0.15) is 6.07 Å². The van der Waals surface area contributed by atoms with Crippen LogP contribution in [0.1, 0.15) is 15.9 Å². The normalized spacial score (nSPS) is 9.29. The zero-order chi connectivity index (χ0) is 10.7. The van der Waals surface area contributed by atoms with Crippen molar-refractivity contribution in [1.29, 1.82) is 5.26 Å². The van der Waals surface area contributed by atoms with Gasteiger partial charge in [0.15, 0.2) is 11.6 Å². The second kappa shape index (κ2) is 3.83. The number of nitrogens with zero attached hydrogens (tertiary/aromatic N) is 1. The van der Waals surface area contributed by atoms with Crippen LogP contribution in [-0.4, -0.2) is 13.1 Å². The topological polar surface area (TPSA) is 50.1 Å². The molecule has 3 nitrogen and oxygen atoms in total. The molecule has 0 heterocycles. The molecule has 5 heteroatoms. The molecule has 0 aliphatic heterocycles. The molecule has 14 heavy (non-hydrogen) atoms.